The van der Waals surface area contributed by atoms with E-state index < -0.39 is 12.7 Å². The molecule has 2 aliphatic rings. The number of ether oxygens (including phenoxy) is 1. The van der Waals surface area contributed by atoms with E-state index in [4.69, 9.17) is 9.72 Å². The van der Waals surface area contributed by atoms with Gasteiger partial charge in [-0.15, -0.1) is 0 Å². The summed E-state index contributed by atoms with van der Waals surface area (Å²) in [5, 5.41) is 15.4. The van der Waals surface area contributed by atoms with Crippen LogP contribution in [0.5, 0.6) is 0 Å². The van der Waals surface area contributed by atoms with Gasteiger partial charge in [0.05, 0.1) is 36.0 Å². The van der Waals surface area contributed by atoms with Gasteiger partial charge in [-0.3, -0.25) is 14.5 Å². The lowest BCUT2D eigenvalue weighted by molar-refractivity contribution is -0.141. The Bertz CT molecular complexity index is 1330. The summed E-state index contributed by atoms with van der Waals surface area (Å²) < 4.78 is 48.9. The predicted octanol–water partition coefficient (Wildman–Crippen LogP) is 3.40. The molecular weight excluding hydrogens is 449 g/mol. The molecule has 12 heteroatoms. The Morgan fingerprint density at radius 1 is 1.15 bits per heavy atom. The first kappa shape index (κ1) is 21.1. The summed E-state index contributed by atoms with van der Waals surface area (Å²) in [5.41, 5.74) is 3.90. The number of fused-ring (bicyclic) bond motifs is 1. The van der Waals surface area contributed by atoms with Gasteiger partial charge in [-0.25, -0.2) is 4.98 Å². The molecule has 178 valence electrons. The molecule has 0 aromatic carbocycles. The van der Waals surface area contributed by atoms with E-state index in [0.29, 0.717) is 33.8 Å². The largest absolute Gasteiger partial charge is 0.408 e. The number of pyridine rings is 1. The van der Waals surface area contributed by atoms with E-state index in [2.05, 4.69) is 25.3 Å². The number of hydrogen-bond acceptors (Lipinski definition) is 6. The van der Waals surface area contributed by atoms with Gasteiger partial charge in [-0.05, 0) is 31.0 Å². The van der Waals surface area contributed by atoms with Gasteiger partial charge in [0.1, 0.15) is 23.3 Å². The van der Waals surface area contributed by atoms with E-state index in [0.717, 1.165) is 49.5 Å². The minimum Gasteiger partial charge on any atom is -0.380 e. The van der Waals surface area contributed by atoms with Gasteiger partial charge in [0.2, 0.25) is 0 Å². The topological polar surface area (TPSA) is 89.7 Å². The van der Waals surface area contributed by atoms with Gasteiger partial charge in [0.25, 0.3) is 0 Å². The van der Waals surface area contributed by atoms with Crippen molar-refractivity contribution in [3.63, 3.8) is 0 Å². The molecule has 6 rings (SSSR count). The second-order valence-electron chi connectivity index (χ2n) is 9.14. The Morgan fingerprint density at radius 3 is 2.53 bits per heavy atom. The van der Waals surface area contributed by atoms with Gasteiger partial charge in [-0.2, -0.15) is 28.5 Å². The van der Waals surface area contributed by atoms with E-state index in [-0.39, 0.29) is 5.41 Å². The van der Waals surface area contributed by atoms with E-state index in [1.54, 1.807) is 23.1 Å². The average Bonchev–Trinajstić information content (AvgIpc) is 3.52. The lowest BCUT2D eigenvalue weighted by Gasteiger charge is -2.48. The van der Waals surface area contributed by atoms with E-state index in [1.807, 2.05) is 19.2 Å². The van der Waals surface area contributed by atoms with Crippen LogP contribution in [0.15, 0.2) is 30.6 Å². The minimum absolute atomic E-state index is 0.195. The molecule has 1 N–H and O–H groups in total. The van der Waals surface area contributed by atoms with Crippen LogP contribution in [0.3, 0.4) is 0 Å². The zero-order chi connectivity index (χ0) is 23.5. The Labute approximate surface area is 192 Å². The maximum Gasteiger partial charge on any atom is 0.408 e. The van der Waals surface area contributed by atoms with Gasteiger partial charge in [-0.1, -0.05) is 0 Å². The number of piperidine rings is 1. The fraction of sp³-hybridized carbons (Fsp3) is 0.455. The van der Waals surface area contributed by atoms with Crippen molar-refractivity contribution in [3.8, 4) is 22.8 Å². The van der Waals surface area contributed by atoms with Gasteiger partial charge >= 0.3 is 6.18 Å². The third kappa shape index (κ3) is 3.52. The van der Waals surface area contributed by atoms with Crippen molar-refractivity contribution < 1.29 is 17.9 Å². The molecule has 1 spiro atoms. The number of hydrogen-bond donors (Lipinski definition) is 1. The Kier molecular flexibility index (Phi) is 4.70. The number of alkyl halides is 3. The summed E-state index contributed by atoms with van der Waals surface area (Å²) in [4.78, 5) is 6.94. The van der Waals surface area contributed by atoms with Crippen LogP contribution in [0.4, 0.5) is 18.9 Å². The normalized spacial score (nSPS) is 18.1. The van der Waals surface area contributed by atoms with Crippen LogP contribution < -0.4 is 4.90 Å². The molecule has 34 heavy (non-hydrogen) atoms. The van der Waals surface area contributed by atoms with Crippen LogP contribution in [0, 0.1) is 5.41 Å². The summed E-state index contributed by atoms with van der Waals surface area (Å²) in [5.74, 6) is 0. The molecule has 6 heterocycles. The highest BCUT2D eigenvalue weighted by atomic mass is 19.4. The molecule has 9 nitrogen and oxygen atoms in total. The van der Waals surface area contributed by atoms with Crippen LogP contribution in [0.25, 0.3) is 33.8 Å². The molecule has 4 aromatic heterocycles. The summed E-state index contributed by atoms with van der Waals surface area (Å²) in [6, 6.07) is 5.38. The summed E-state index contributed by atoms with van der Waals surface area (Å²) in [7, 11) is 1.81. The number of nitrogens with one attached hydrogen (secondary N) is 1. The second-order valence-corrected chi connectivity index (χ2v) is 9.14. The van der Waals surface area contributed by atoms with E-state index in [9.17, 15) is 13.2 Å². The zero-order valence-corrected chi connectivity index (χ0v) is 18.5. The fourth-order valence-electron chi connectivity index (χ4n) is 4.91. The van der Waals surface area contributed by atoms with Crippen molar-refractivity contribution in [1.29, 1.82) is 0 Å². The predicted molar refractivity (Wildman–Crippen MR) is 118 cm³/mol. The molecular formula is C22H23F3N8O. The Hall–Kier alpha value is -3.41. The molecule has 0 aliphatic carbocycles. The van der Waals surface area contributed by atoms with Crippen LogP contribution in [-0.4, -0.2) is 67.2 Å². The third-order valence-corrected chi connectivity index (χ3v) is 6.83. The molecule has 0 atom stereocenters. The number of aromatic nitrogens is 7. The zero-order valence-electron chi connectivity index (χ0n) is 18.5. The standard InChI is InChI=1S/C22H23F3N8O/c1-31-16(3-7-27-31)15-10-17(32-8-4-21(5-9-32)12-34-13-21)20-19(28-15)18(14-2-6-26-29-14)30-33(20)11-22(23,24)25/h2-3,6-7,10H,4-5,8-9,11-13H2,1H3,(H,26,29). The van der Waals surface area contributed by atoms with Crippen molar-refractivity contribution >= 4 is 16.7 Å². The number of aryl methyl sites for hydroxylation is 1. The highest BCUT2D eigenvalue weighted by Gasteiger charge is 2.42. The molecule has 0 amide bonds. The van der Waals surface area contributed by atoms with Gasteiger partial charge < -0.3 is 9.64 Å². The van der Waals surface area contributed by atoms with E-state index >= 15 is 0 Å². The van der Waals surface area contributed by atoms with Crippen LogP contribution in [0.1, 0.15) is 12.8 Å². The summed E-state index contributed by atoms with van der Waals surface area (Å²) >= 11 is 0. The highest BCUT2D eigenvalue weighted by molar-refractivity contribution is 5.98. The molecule has 4 aromatic rings. The van der Waals surface area contributed by atoms with Crippen molar-refractivity contribution in [2.24, 2.45) is 12.5 Å². The smallest absolute Gasteiger partial charge is 0.380 e. The first-order valence-electron chi connectivity index (χ1n) is 11.1. The van der Waals surface area contributed by atoms with Crippen molar-refractivity contribution in [3.05, 3.63) is 30.6 Å². The van der Waals surface area contributed by atoms with Gasteiger partial charge in [0, 0.05) is 37.9 Å². The maximum atomic E-state index is 13.6. The number of rotatable bonds is 4. The monoisotopic (exact) mass is 472 g/mol. The quantitative estimate of drug-likeness (QED) is 0.490. The lowest BCUT2D eigenvalue weighted by Crippen LogP contribution is -2.51. The molecule has 2 aliphatic heterocycles. The number of nitrogens with zero attached hydrogens (tertiary/aromatic N) is 7. The van der Waals surface area contributed by atoms with Crippen LogP contribution >= 0.6 is 0 Å². The van der Waals surface area contributed by atoms with Crippen LogP contribution in [0.2, 0.25) is 0 Å². The SMILES string of the molecule is Cn1nccc1-c1cc(N2CCC3(CC2)COC3)c2c(n1)c(-c1ccn[nH]1)nn2CC(F)(F)F. The molecule has 0 radical (unpaired) electrons. The second kappa shape index (κ2) is 7.55. The number of anilines is 1. The Balaban J connectivity index is 1.56. The molecule has 0 bridgehead atoms. The summed E-state index contributed by atoms with van der Waals surface area (Å²) in [6.45, 7) is 1.75. The van der Waals surface area contributed by atoms with Crippen molar-refractivity contribution in [2.75, 3.05) is 31.2 Å². The van der Waals surface area contributed by atoms with Crippen molar-refractivity contribution in [1.82, 2.24) is 34.7 Å². The molecule has 2 fully saturated rings. The number of H-pyrrole nitrogens is 1. The number of aromatic amines is 1. The number of halogens is 3. The first-order chi connectivity index (χ1) is 16.3. The molecule has 0 saturated carbocycles. The average molecular weight is 472 g/mol. The molecule has 2 saturated heterocycles. The third-order valence-electron chi connectivity index (χ3n) is 6.83. The van der Waals surface area contributed by atoms with Crippen LogP contribution in [-0.2, 0) is 18.3 Å². The maximum absolute atomic E-state index is 13.6. The first-order valence-corrected chi connectivity index (χ1v) is 11.1. The highest BCUT2D eigenvalue weighted by Crippen LogP contribution is 2.42. The fourth-order valence-corrected chi connectivity index (χ4v) is 4.91. The molecule has 0 unspecified atom stereocenters. The van der Waals surface area contributed by atoms with Gasteiger partial charge in [0.15, 0.2) is 0 Å². The lowest BCUT2D eigenvalue weighted by atomic mass is 9.77. The van der Waals surface area contributed by atoms with Crippen molar-refractivity contribution in [2.45, 2.75) is 25.6 Å². The summed E-state index contributed by atoms with van der Waals surface area (Å²) in [6.07, 6.45) is 0.639. The Morgan fingerprint density at radius 2 is 1.94 bits per heavy atom. The minimum atomic E-state index is -4.43. The van der Waals surface area contributed by atoms with E-state index in [1.165, 1.54) is 0 Å².